The Bertz CT molecular complexity index is 512. The highest BCUT2D eigenvalue weighted by Gasteiger charge is 2.13. The maximum atomic E-state index is 11.6. The van der Waals surface area contributed by atoms with E-state index in [0.29, 0.717) is 6.42 Å². The second-order valence-corrected chi connectivity index (χ2v) is 6.85. The third-order valence-electron chi connectivity index (χ3n) is 2.61. The van der Waals surface area contributed by atoms with Gasteiger partial charge in [0.05, 0.1) is 17.9 Å². The fraction of sp³-hybridized carbons (Fsp3) is 0.462. The Morgan fingerprint density at radius 2 is 1.67 bits per heavy atom. The molecular weight excluding hydrogens is 252 g/mol. The molecule has 0 unspecified atom stereocenters. The number of hydrogen-bond acceptors (Lipinski definition) is 3. The Hall–Kier alpha value is -1.36. The summed E-state index contributed by atoms with van der Waals surface area (Å²) in [5.41, 5.74) is 3.19. The van der Waals surface area contributed by atoms with Crippen LogP contribution in [-0.4, -0.2) is 31.0 Å². The molecule has 4 nitrogen and oxygen atoms in total. The molecule has 0 spiro atoms. The smallest absolute Gasteiger partial charge is 0.304 e. The van der Waals surface area contributed by atoms with Gasteiger partial charge in [-0.15, -0.1) is 0 Å². The largest absolute Gasteiger partial charge is 0.481 e. The molecule has 1 aromatic rings. The van der Waals surface area contributed by atoms with Crippen molar-refractivity contribution < 1.29 is 18.3 Å². The number of rotatable bonds is 6. The molecule has 0 aromatic heterocycles. The van der Waals surface area contributed by atoms with Crippen molar-refractivity contribution in [1.29, 1.82) is 0 Å². The van der Waals surface area contributed by atoms with E-state index in [-0.39, 0.29) is 17.9 Å². The van der Waals surface area contributed by atoms with Gasteiger partial charge in [0.15, 0.2) is 9.84 Å². The molecule has 1 rings (SSSR count). The third-order valence-corrected chi connectivity index (χ3v) is 4.26. The Balaban J connectivity index is 2.61. The summed E-state index contributed by atoms with van der Waals surface area (Å²) in [6, 6.07) is 5.95. The van der Waals surface area contributed by atoms with Gasteiger partial charge in [0.1, 0.15) is 0 Å². The van der Waals surface area contributed by atoms with E-state index in [0.717, 1.165) is 16.7 Å². The minimum absolute atomic E-state index is 0.00315. The lowest BCUT2D eigenvalue weighted by molar-refractivity contribution is -0.136. The lowest BCUT2D eigenvalue weighted by Crippen LogP contribution is -2.15. The Kier molecular flexibility index (Phi) is 4.90. The third kappa shape index (κ3) is 5.31. The van der Waals surface area contributed by atoms with Gasteiger partial charge in [-0.1, -0.05) is 29.3 Å². The van der Waals surface area contributed by atoms with Gasteiger partial charge in [0.25, 0.3) is 0 Å². The van der Waals surface area contributed by atoms with E-state index in [9.17, 15) is 13.2 Å². The maximum Gasteiger partial charge on any atom is 0.304 e. The second kappa shape index (κ2) is 6.00. The molecule has 0 saturated heterocycles. The van der Waals surface area contributed by atoms with E-state index in [1.165, 1.54) is 0 Å². The molecule has 0 bridgehead atoms. The second-order valence-electron chi connectivity index (χ2n) is 4.54. The van der Waals surface area contributed by atoms with Crippen LogP contribution in [0.2, 0.25) is 0 Å². The molecule has 0 aliphatic heterocycles. The van der Waals surface area contributed by atoms with Crippen molar-refractivity contribution in [3.05, 3.63) is 34.9 Å². The molecule has 1 aromatic carbocycles. The summed E-state index contributed by atoms with van der Waals surface area (Å²) >= 11 is 0. The van der Waals surface area contributed by atoms with Crippen LogP contribution in [0.1, 0.15) is 23.1 Å². The summed E-state index contributed by atoms with van der Waals surface area (Å²) in [4.78, 5) is 10.3. The first-order valence-electron chi connectivity index (χ1n) is 5.78. The van der Waals surface area contributed by atoms with Crippen molar-refractivity contribution in [3.8, 4) is 0 Å². The van der Waals surface area contributed by atoms with Gasteiger partial charge in [0, 0.05) is 0 Å². The fourth-order valence-electron chi connectivity index (χ4n) is 1.83. The molecule has 18 heavy (non-hydrogen) atoms. The van der Waals surface area contributed by atoms with E-state index in [4.69, 9.17) is 5.11 Å². The number of benzene rings is 1. The summed E-state index contributed by atoms with van der Waals surface area (Å²) in [7, 11) is -3.28. The van der Waals surface area contributed by atoms with E-state index in [2.05, 4.69) is 0 Å². The Labute approximate surface area is 108 Å². The fourth-order valence-corrected chi connectivity index (χ4v) is 3.07. The number of aliphatic carboxylic acids is 1. The Morgan fingerprint density at radius 1 is 1.11 bits per heavy atom. The number of carboxylic acids is 1. The average molecular weight is 270 g/mol. The van der Waals surface area contributed by atoms with Crippen molar-refractivity contribution >= 4 is 15.8 Å². The quantitative estimate of drug-likeness (QED) is 0.854. The minimum Gasteiger partial charge on any atom is -0.481 e. The zero-order valence-corrected chi connectivity index (χ0v) is 11.5. The molecule has 1 N–H and O–H groups in total. The van der Waals surface area contributed by atoms with Gasteiger partial charge in [-0.25, -0.2) is 8.42 Å². The number of sulfone groups is 1. The van der Waals surface area contributed by atoms with Crippen LogP contribution in [0.3, 0.4) is 0 Å². The van der Waals surface area contributed by atoms with Crippen molar-refractivity contribution in [2.75, 3.05) is 11.5 Å². The van der Waals surface area contributed by atoms with E-state index < -0.39 is 15.8 Å². The predicted molar refractivity (Wildman–Crippen MR) is 70.5 cm³/mol. The lowest BCUT2D eigenvalue weighted by Gasteiger charge is -2.06. The maximum absolute atomic E-state index is 11.6. The van der Waals surface area contributed by atoms with Gasteiger partial charge in [-0.05, 0) is 25.8 Å². The van der Waals surface area contributed by atoms with Crippen molar-refractivity contribution in [2.45, 2.75) is 26.7 Å². The molecule has 0 atom stereocenters. The van der Waals surface area contributed by atoms with Crippen molar-refractivity contribution in [2.24, 2.45) is 0 Å². The minimum atomic E-state index is -3.28. The summed E-state index contributed by atoms with van der Waals surface area (Å²) < 4.78 is 23.2. The van der Waals surface area contributed by atoms with Crippen LogP contribution in [0, 0.1) is 13.8 Å². The lowest BCUT2D eigenvalue weighted by atomic mass is 10.1. The normalized spacial score (nSPS) is 11.4. The van der Waals surface area contributed by atoms with Gasteiger partial charge in [-0.3, -0.25) is 4.79 Å². The van der Waals surface area contributed by atoms with Gasteiger partial charge in [0.2, 0.25) is 0 Å². The standard InChI is InChI=1S/C13H18O4S/c1-10-7-11(2)9-12(8-10)3-5-18(16,17)6-4-13(14)15/h7-9H,3-6H2,1-2H3,(H,14,15). The molecule has 0 aliphatic carbocycles. The topological polar surface area (TPSA) is 71.4 Å². The Morgan fingerprint density at radius 3 is 2.17 bits per heavy atom. The van der Waals surface area contributed by atoms with Gasteiger partial charge >= 0.3 is 5.97 Å². The van der Waals surface area contributed by atoms with Gasteiger partial charge in [-0.2, -0.15) is 0 Å². The highest BCUT2D eigenvalue weighted by atomic mass is 32.2. The molecule has 0 heterocycles. The first-order chi connectivity index (χ1) is 8.28. The number of aryl methyl sites for hydroxylation is 3. The van der Waals surface area contributed by atoms with Crippen LogP contribution in [0.15, 0.2) is 18.2 Å². The van der Waals surface area contributed by atoms with Crippen LogP contribution in [0.5, 0.6) is 0 Å². The molecule has 100 valence electrons. The first-order valence-corrected chi connectivity index (χ1v) is 7.60. The highest BCUT2D eigenvalue weighted by Crippen LogP contribution is 2.10. The van der Waals surface area contributed by atoms with Crippen LogP contribution in [0.25, 0.3) is 0 Å². The SMILES string of the molecule is Cc1cc(C)cc(CCS(=O)(=O)CCC(=O)O)c1. The van der Waals surface area contributed by atoms with Crippen molar-refractivity contribution in [1.82, 2.24) is 0 Å². The number of carbonyl (C=O) groups is 1. The van der Waals surface area contributed by atoms with Crippen molar-refractivity contribution in [3.63, 3.8) is 0 Å². The molecule has 0 fully saturated rings. The molecule has 0 radical (unpaired) electrons. The van der Waals surface area contributed by atoms with E-state index in [1.807, 2.05) is 32.0 Å². The molecular formula is C13H18O4S. The van der Waals surface area contributed by atoms with Gasteiger partial charge < -0.3 is 5.11 Å². The van der Waals surface area contributed by atoms with Crippen LogP contribution < -0.4 is 0 Å². The average Bonchev–Trinajstić information content (AvgIpc) is 2.23. The number of carboxylic acid groups (broad SMARTS) is 1. The van der Waals surface area contributed by atoms with E-state index in [1.54, 1.807) is 0 Å². The van der Waals surface area contributed by atoms with Crippen LogP contribution >= 0.6 is 0 Å². The van der Waals surface area contributed by atoms with Crippen LogP contribution in [0.4, 0.5) is 0 Å². The van der Waals surface area contributed by atoms with Crippen LogP contribution in [-0.2, 0) is 21.1 Å². The summed E-state index contributed by atoms with van der Waals surface area (Å²) in [6.45, 7) is 3.94. The first kappa shape index (κ1) is 14.7. The zero-order chi connectivity index (χ0) is 13.8. The monoisotopic (exact) mass is 270 g/mol. The zero-order valence-electron chi connectivity index (χ0n) is 10.6. The molecule has 0 aliphatic rings. The molecule has 5 heteroatoms. The van der Waals surface area contributed by atoms with E-state index >= 15 is 0 Å². The molecule has 0 saturated carbocycles. The number of hydrogen-bond donors (Lipinski definition) is 1. The summed E-state index contributed by atoms with van der Waals surface area (Å²) in [6.07, 6.45) is 0.111. The molecule has 0 amide bonds. The summed E-state index contributed by atoms with van der Waals surface area (Å²) in [5, 5.41) is 8.47. The summed E-state index contributed by atoms with van der Waals surface area (Å²) in [5.74, 6) is -1.36. The highest BCUT2D eigenvalue weighted by molar-refractivity contribution is 7.91. The predicted octanol–water partition coefficient (Wildman–Crippen LogP) is 1.74.